The van der Waals surface area contributed by atoms with Crippen molar-refractivity contribution < 1.29 is 23.9 Å². The number of amides is 3. The number of ether oxygens (including phenoxy) is 2. The molecule has 3 amide bonds. The highest BCUT2D eigenvalue weighted by atomic mass is 16.6. The van der Waals surface area contributed by atoms with Crippen molar-refractivity contribution in [1.29, 1.82) is 0 Å². The minimum atomic E-state index is -0.973. The second-order valence-corrected chi connectivity index (χ2v) is 10.5. The maximum Gasteiger partial charge on any atom is 0.408 e. The van der Waals surface area contributed by atoms with Gasteiger partial charge in [0.1, 0.15) is 18.2 Å². The zero-order valence-corrected chi connectivity index (χ0v) is 22.0. The van der Waals surface area contributed by atoms with Gasteiger partial charge in [0.05, 0.1) is 6.54 Å². The van der Waals surface area contributed by atoms with Crippen molar-refractivity contribution in [2.45, 2.75) is 38.3 Å². The van der Waals surface area contributed by atoms with Crippen LogP contribution in [-0.4, -0.2) is 85.9 Å². The third kappa shape index (κ3) is 6.60. The first kappa shape index (κ1) is 26.5. The molecule has 198 valence electrons. The summed E-state index contributed by atoms with van der Waals surface area (Å²) in [7, 11) is 2.00. The Morgan fingerprint density at radius 2 is 1.49 bits per heavy atom. The molecule has 0 aromatic heterocycles. The average Bonchev–Trinajstić information content (AvgIpc) is 3.18. The molecule has 2 aromatic carbocycles. The summed E-state index contributed by atoms with van der Waals surface area (Å²) in [4.78, 5) is 42.1. The van der Waals surface area contributed by atoms with Gasteiger partial charge in [0.2, 0.25) is 5.91 Å². The Morgan fingerprint density at radius 1 is 0.919 bits per heavy atom. The van der Waals surface area contributed by atoms with E-state index in [0.29, 0.717) is 13.1 Å². The van der Waals surface area contributed by atoms with Gasteiger partial charge in [0.15, 0.2) is 0 Å². The lowest BCUT2D eigenvalue weighted by atomic mass is 9.98. The molecule has 9 heteroatoms. The molecule has 0 saturated carbocycles. The van der Waals surface area contributed by atoms with Crippen LogP contribution in [0.1, 0.15) is 37.8 Å². The predicted molar refractivity (Wildman–Crippen MR) is 140 cm³/mol. The van der Waals surface area contributed by atoms with Crippen LogP contribution in [0.25, 0.3) is 11.1 Å². The van der Waals surface area contributed by atoms with Crippen molar-refractivity contribution in [3.63, 3.8) is 0 Å². The number of nitrogens with zero attached hydrogens (tertiary/aromatic N) is 2. The molecule has 1 saturated heterocycles. The van der Waals surface area contributed by atoms with E-state index >= 15 is 0 Å². The molecule has 2 aromatic rings. The van der Waals surface area contributed by atoms with Gasteiger partial charge in [-0.2, -0.15) is 0 Å². The summed E-state index contributed by atoms with van der Waals surface area (Å²) in [5, 5.41) is 5.29. The molecule has 1 aliphatic heterocycles. The van der Waals surface area contributed by atoms with Crippen molar-refractivity contribution in [2.24, 2.45) is 0 Å². The molecule has 9 nitrogen and oxygen atoms in total. The second kappa shape index (κ2) is 11.2. The normalized spacial score (nSPS) is 16.4. The standard InChI is InChI=1S/C28H36N4O5/c1-28(2,3)37-27(35)30-24(25(33)32-15-13-31(4)14-16-32)17-29-26(34)36-18-23-21-11-7-5-9-19(21)20-10-6-8-12-22(20)23/h5-12,23-24H,13-18H2,1-4H3,(H,29,34)(H,30,35)/t24-/m0/s1. The molecular formula is C28H36N4O5. The number of hydrogen-bond acceptors (Lipinski definition) is 6. The number of nitrogens with one attached hydrogen (secondary N) is 2. The lowest BCUT2D eigenvalue weighted by Gasteiger charge is -2.35. The minimum Gasteiger partial charge on any atom is -0.449 e. The molecular weight excluding hydrogens is 472 g/mol. The number of likely N-dealkylation sites (N-methyl/N-ethyl adjacent to an activating group) is 1. The van der Waals surface area contributed by atoms with Crippen LogP contribution in [0.3, 0.4) is 0 Å². The summed E-state index contributed by atoms with van der Waals surface area (Å²) >= 11 is 0. The first-order chi connectivity index (χ1) is 17.6. The number of carbonyl (C=O) groups excluding carboxylic acids is 3. The van der Waals surface area contributed by atoms with Crippen molar-refractivity contribution >= 4 is 18.1 Å². The van der Waals surface area contributed by atoms with E-state index in [0.717, 1.165) is 35.3 Å². The van der Waals surface area contributed by atoms with Gasteiger partial charge in [-0.3, -0.25) is 4.79 Å². The fourth-order valence-corrected chi connectivity index (χ4v) is 4.73. The quantitative estimate of drug-likeness (QED) is 0.622. The third-order valence-electron chi connectivity index (χ3n) is 6.60. The summed E-state index contributed by atoms with van der Waals surface area (Å²) < 4.78 is 10.9. The van der Waals surface area contributed by atoms with E-state index in [2.05, 4.69) is 39.8 Å². The molecule has 37 heavy (non-hydrogen) atoms. The highest BCUT2D eigenvalue weighted by Crippen LogP contribution is 2.44. The molecule has 1 aliphatic carbocycles. The van der Waals surface area contributed by atoms with Crippen LogP contribution in [0.5, 0.6) is 0 Å². The zero-order chi connectivity index (χ0) is 26.6. The SMILES string of the molecule is CN1CCN(C(=O)[C@H](CNC(=O)OCC2c3ccccc3-c3ccccc32)NC(=O)OC(C)(C)C)CC1. The van der Waals surface area contributed by atoms with E-state index in [-0.39, 0.29) is 25.0 Å². The van der Waals surface area contributed by atoms with Gasteiger partial charge in [-0.05, 0) is 50.1 Å². The minimum absolute atomic E-state index is 0.0687. The molecule has 4 rings (SSSR count). The highest BCUT2D eigenvalue weighted by Gasteiger charge is 2.31. The van der Waals surface area contributed by atoms with Crippen molar-refractivity contribution in [3.05, 3.63) is 59.7 Å². The number of hydrogen-bond donors (Lipinski definition) is 2. The van der Waals surface area contributed by atoms with Gasteiger partial charge >= 0.3 is 12.2 Å². The van der Waals surface area contributed by atoms with Crippen LogP contribution in [0.2, 0.25) is 0 Å². The Hall–Kier alpha value is -3.59. The van der Waals surface area contributed by atoms with Gasteiger partial charge < -0.3 is 29.9 Å². The van der Waals surface area contributed by atoms with Crippen LogP contribution in [-0.2, 0) is 14.3 Å². The zero-order valence-electron chi connectivity index (χ0n) is 22.0. The summed E-state index contributed by atoms with van der Waals surface area (Å²) in [6.07, 6.45) is -1.36. The lowest BCUT2D eigenvalue weighted by Crippen LogP contribution is -2.57. The van der Waals surface area contributed by atoms with Crippen LogP contribution in [0.15, 0.2) is 48.5 Å². The van der Waals surface area contributed by atoms with Gasteiger partial charge in [-0.15, -0.1) is 0 Å². The van der Waals surface area contributed by atoms with E-state index in [1.807, 2.05) is 31.3 Å². The molecule has 2 N–H and O–H groups in total. The Kier molecular flexibility index (Phi) is 8.02. The van der Waals surface area contributed by atoms with Crippen molar-refractivity contribution in [3.8, 4) is 11.1 Å². The largest absolute Gasteiger partial charge is 0.449 e. The van der Waals surface area contributed by atoms with Crippen molar-refractivity contribution in [1.82, 2.24) is 20.4 Å². The predicted octanol–water partition coefficient (Wildman–Crippen LogP) is 3.19. The lowest BCUT2D eigenvalue weighted by molar-refractivity contribution is -0.134. The van der Waals surface area contributed by atoms with E-state index in [1.165, 1.54) is 0 Å². The molecule has 1 heterocycles. The smallest absolute Gasteiger partial charge is 0.408 e. The van der Waals surface area contributed by atoms with Crippen LogP contribution >= 0.6 is 0 Å². The number of rotatable bonds is 6. The Balaban J connectivity index is 1.37. The van der Waals surface area contributed by atoms with Gasteiger partial charge in [0.25, 0.3) is 0 Å². The fraction of sp³-hybridized carbons (Fsp3) is 0.464. The van der Waals surface area contributed by atoms with E-state index in [9.17, 15) is 14.4 Å². The van der Waals surface area contributed by atoms with E-state index < -0.39 is 23.8 Å². The number of piperazine rings is 1. The second-order valence-electron chi connectivity index (χ2n) is 10.5. The first-order valence-electron chi connectivity index (χ1n) is 12.7. The van der Waals surface area contributed by atoms with Crippen LogP contribution in [0.4, 0.5) is 9.59 Å². The number of fused-ring (bicyclic) bond motifs is 3. The highest BCUT2D eigenvalue weighted by molar-refractivity contribution is 5.86. The van der Waals surface area contributed by atoms with Crippen LogP contribution < -0.4 is 10.6 Å². The Morgan fingerprint density at radius 3 is 2.05 bits per heavy atom. The third-order valence-corrected chi connectivity index (χ3v) is 6.60. The number of benzene rings is 2. The molecule has 1 atom stereocenters. The average molecular weight is 509 g/mol. The van der Waals surface area contributed by atoms with E-state index in [1.54, 1.807) is 25.7 Å². The summed E-state index contributed by atoms with van der Waals surface area (Å²) in [6, 6.07) is 15.2. The molecule has 0 unspecified atom stereocenters. The molecule has 0 radical (unpaired) electrons. The van der Waals surface area contributed by atoms with Crippen molar-refractivity contribution in [2.75, 3.05) is 46.4 Å². The van der Waals surface area contributed by atoms with Gasteiger partial charge in [0, 0.05) is 32.1 Å². The summed E-state index contributed by atoms with van der Waals surface area (Å²) in [5.41, 5.74) is 3.81. The first-order valence-corrected chi connectivity index (χ1v) is 12.7. The maximum atomic E-state index is 13.2. The molecule has 2 aliphatic rings. The molecule has 0 spiro atoms. The fourth-order valence-electron chi connectivity index (χ4n) is 4.73. The Labute approximate surface area is 218 Å². The number of alkyl carbamates (subject to hydrolysis) is 2. The number of carbonyl (C=O) groups is 3. The van der Waals surface area contributed by atoms with Gasteiger partial charge in [-0.25, -0.2) is 9.59 Å². The van der Waals surface area contributed by atoms with Crippen LogP contribution in [0, 0.1) is 0 Å². The summed E-state index contributed by atoms with van der Waals surface area (Å²) in [5.74, 6) is -0.335. The molecule has 1 fully saturated rings. The van der Waals surface area contributed by atoms with Gasteiger partial charge in [-0.1, -0.05) is 48.5 Å². The molecule has 0 bridgehead atoms. The van der Waals surface area contributed by atoms with E-state index in [4.69, 9.17) is 9.47 Å². The monoisotopic (exact) mass is 508 g/mol. The summed E-state index contributed by atoms with van der Waals surface area (Å²) in [6.45, 7) is 7.88. The maximum absolute atomic E-state index is 13.2. The Bertz CT molecular complexity index is 1090. The topological polar surface area (TPSA) is 100 Å².